The largest absolute Gasteiger partial charge is 0.350 e. The van der Waals surface area contributed by atoms with Gasteiger partial charge in [0.1, 0.15) is 0 Å². The summed E-state index contributed by atoms with van der Waals surface area (Å²) in [6.07, 6.45) is 2.93. The van der Waals surface area contributed by atoms with Crippen LogP contribution in [-0.2, 0) is 9.47 Å². The zero-order valence-corrected chi connectivity index (χ0v) is 25.4. The second-order valence-electron chi connectivity index (χ2n) is 13.3. The molecule has 198 valence electrons. The van der Waals surface area contributed by atoms with Gasteiger partial charge in [-0.25, -0.2) is 0 Å². The first-order chi connectivity index (χ1) is 16.8. The summed E-state index contributed by atoms with van der Waals surface area (Å²) in [4.78, 5) is 0. The molecule has 2 aromatic carbocycles. The van der Waals surface area contributed by atoms with Crippen molar-refractivity contribution < 1.29 is 9.47 Å². The smallest absolute Gasteiger partial charge is 0.169 e. The van der Waals surface area contributed by atoms with Gasteiger partial charge >= 0.3 is 0 Å². The van der Waals surface area contributed by atoms with Crippen LogP contribution in [0.25, 0.3) is 11.1 Å². The zero-order chi connectivity index (χ0) is 26.5. The minimum absolute atomic E-state index is 0.0956. The van der Waals surface area contributed by atoms with Crippen LogP contribution in [0.4, 0.5) is 0 Å². The average molecular weight is 509 g/mol. The highest BCUT2D eigenvalue weighted by atomic mass is 31.1. The summed E-state index contributed by atoms with van der Waals surface area (Å²) in [6.45, 7) is 25.6. The topological polar surface area (TPSA) is 18.5 Å². The van der Waals surface area contributed by atoms with E-state index in [1.807, 2.05) is 0 Å². The molecule has 0 atom stereocenters. The summed E-state index contributed by atoms with van der Waals surface area (Å²) in [5.74, 6) is 1.04. The van der Waals surface area contributed by atoms with E-state index in [0.717, 1.165) is 32.5 Å². The summed E-state index contributed by atoms with van der Waals surface area (Å²) in [6, 6.07) is 14.3. The van der Waals surface area contributed by atoms with Crippen molar-refractivity contribution in [2.45, 2.75) is 122 Å². The lowest BCUT2D eigenvalue weighted by atomic mass is 9.82. The van der Waals surface area contributed by atoms with E-state index < -0.39 is 13.7 Å². The Bertz CT molecular complexity index is 1020. The molecule has 0 aliphatic carbocycles. The number of hydrogen-bond acceptors (Lipinski definition) is 2. The van der Waals surface area contributed by atoms with Gasteiger partial charge in [-0.3, -0.25) is 0 Å². The molecule has 3 heteroatoms. The summed E-state index contributed by atoms with van der Waals surface area (Å²) >= 11 is 0. The molecule has 2 aromatic rings. The third-order valence-electron chi connectivity index (χ3n) is 8.18. The van der Waals surface area contributed by atoms with Crippen LogP contribution in [0.1, 0.15) is 123 Å². The Hall–Kier alpha value is -1.21. The Kier molecular flexibility index (Phi) is 7.85. The fourth-order valence-corrected chi connectivity index (χ4v) is 11.4. The Balaban J connectivity index is 1.92. The summed E-state index contributed by atoms with van der Waals surface area (Å²) < 4.78 is 12.8. The maximum absolute atomic E-state index is 6.40. The monoisotopic (exact) mass is 508 g/mol. The third kappa shape index (κ3) is 5.21. The van der Waals surface area contributed by atoms with Crippen LogP contribution in [0.2, 0.25) is 0 Å². The van der Waals surface area contributed by atoms with Gasteiger partial charge in [-0.2, -0.15) is 0 Å². The third-order valence-corrected chi connectivity index (χ3v) is 11.8. The second kappa shape index (κ2) is 10.2. The van der Waals surface area contributed by atoms with Gasteiger partial charge in [-0.05, 0) is 67.6 Å². The lowest BCUT2D eigenvalue weighted by Crippen LogP contribution is -2.56. The summed E-state index contributed by atoms with van der Waals surface area (Å²) in [5, 5.41) is 1.74. The van der Waals surface area contributed by atoms with Crippen LogP contribution in [0, 0.1) is 0 Å². The molecule has 2 aliphatic rings. The van der Waals surface area contributed by atoms with Crippen molar-refractivity contribution in [2.24, 2.45) is 0 Å². The molecule has 2 saturated heterocycles. The molecule has 2 aliphatic heterocycles. The minimum atomic E-state index is -0.492. The van der Waals surface area contributed by atoms with E-state index in [2.05, 4.69) is 106 Å². The molecule has 2 heterocycles. The van der Waals surface area contributed by atoms with E-state index in [1.165, 1.54) is 27.8 Å². The predicted octanol–water partition coefficient (Wildman–Crippen LogP) is 9.32. The number of hydrogen-bond donors (Lipinski definition) is 0. The molecule has 0 N–H and O–H groups in total. The average Bonchev–Trinajstić information content (AvgIpc) is 2.77. The first kappa shape index (κ1) is 27.8. The van der Waals surface area contributed by atoms with E-state index in [-0.39, 0.29) is 10.3 Å². The molecule has 2 fully saturated rings. The number of rotatable bonds is 5. The van der Waals surface area contributed by atoms with Crippen molar-refractivity contribution in [3.8, 4) is 11.1 Å². The molecule has 0 aromatic heterocycles. The SMILES string of the molecule is CC(C)c1cc(C(C)C)c(-c2ccccc2P2C(C)(C)CC3(CC2(C)C)OCCCO3)c(C(C)C)c1. The molecule has 4 rings (SSSR count). The van der Waals surface area contributed by atoms with E-state index in [9.17, 15) is 0 Å². The van der Waals surface area contributed by atoms with E-state index in [0.29, 0.717) is 17.8 Å². The van der Waals surface area contributed by atoms with Gasteiger partial charge in [0.25, 0.3) is 0 Å². The molecular weight excluding hydrogens is 459 g/mol. The highest BCUT2D eigenvalue weighted by Gasteiger charge is 2.56. The zero-order valence-electron chi connectivity index (χ0n) is 24.5. The van der Waals surface area contributed by atoms with Crippen molar-refractivity contribution >= 4 is 13.2 Å². The molecule has 0 unspecified atom stereocenters. The summed E-state index contributed by atoms with van der Waals surface area (Å²) in [5.41, 5.74) is 7.39. The standard InChI is InChI=1S/C33H49O2P/c1-22(2)25-18-27(23(3)4)30(28(19-25)24(5)6)26-14-11-12-15-29(26)36-31(7,8)20-33(21-32(36,9)10)34-16-13-17-35-33/h11-12,14-15,18-19,22-24H,13,16-17,20-21H2,1-10H3. The molecule has 2 nitrogen and oxygen atoms in total. The van der Waals surface area contributed by atoms with Crippen LogP contribution in [0.3, 0.4) is 0 Å². The van der Waals surface area contributed by atoms with Crippen molar-refractivity contribution in [1.82, 2.24) is 0 Å². The Morgan fingerprint density at radius 1 is 0.722 bits per heavy atom. The normalized spacial score (nSPS) is 21.6. The van der Waals surface area contributed by atoms with Crippen LogP contribution >= 0.6 is 7.92 Å². The maximum Gasteiger partial charge on any atom is 0.169 e. The molecule has 0 bridgehead atoms. The lowest BCUT2D eigenvalue weighted by molar-refractivity contribution is -0.280. The molecule has 0 saturated carbocycles. The number of benzene rings is 2. The molecule has 0 amide bonds. The van der Waals surface area contributed by atoms with Crippen LogP contribution in [0.15, 0.2) is 36.4 Å². The van der Waals surface area contributed by atoms with Gasteiger partial charge < -0.3 is 9.47 Å². The van der Waals surface area contributed by atoms with Gasteiger partial charge in [-0.1, -0.05) is 114 Å². The van der Waals surface area contributed by atoms with Crippen molar-refractivity contribution in [3.63, 3.8) is 0 Å². The fourth-order valence-electron chi connectivity index (χ4n) is 6.98. The highest BCUT2D eigenvalue weighted by molar-refractivity contribution is 7.69. The first-order valence-corrected chi connectivity index (χ1v) is 15.5. The van der Waals surface area contributed by atoms with Crippen molar-refractivity contribution in [3.05, 3.63) is 53.1 Å². The van der Waals surface area contributed by atoms with Gasteiger partial charge in [0.05, 0.1) is 13.2 Å². The minimum Gasteiger partial charge on any atom is -0.350 e. The van der Waals surface area contributed by atoms with Gasteiger partial charge in [0, 0.05) is 12.8 Å². The van der Waals surface area contributed by atoms with Gasteiger partial charge in [0.15, 0.2) is 5.79 Å². The highest BCUT2D eigenvalue weighted by Crippen LogP contribution is 2.68. The maximum atomic E-state index is 6.40. The first-order valence-electron chi connectivity index (χ1n) is 14.1. The van der Waals surface area contributed by atoms with Crippen molar-refractivity contribution in [2.75, 3.05) is 13.2 Å². The van der Waals surface area contributed by atoms with Crippen LogP contribution < -0.4 is 5.30 Å². The van der Waals surface area contributed by atoms with Crippen LogP contribution in [-0.4, -0.2) is 29.3 Å². The van der Waals surface area contributed by atoms with Gasteiger partial charge in [-0.15, -0.1) is 0 Å². The van der Waals surface area contributed by atoms with E-state index in [4.69, 9.17) is 9.47 Å². The van der Waals surface area contributed by atoms with E-state index in [1.54, 1.807) is 5.30 Å². The second-order valence-corrected chi connectivity index (χ2v) is 16.9. The quantitative estimate of drug-likeness (QED) is 0.375. The Labute approximate surface area is 222 Å². The predicted molar refractivity (Wildman–Crippen MR) is 157 cm³/mol. The molecule has 1 spiro atoms. The fraction of sp³-hybridized carbons (Fsp3) is 0.636. The molecule has 36 heavy (non-hydrogen) atoms. The van der Waals surface area contributed by atoms with Crippen LogP contribution in [0.5, 0.6) is 0 Å². The summed E-state index contributed by atoms with van der Waals surface area (Å²) in [7, 11) is -0.492. The van der Waals surface area contributed by atoms with Gasteiger partial charge in [0.2, 0.25) is 0 Å². The molecular formula is C33H49O2P. The number of ether oxygens (including phenoxy) is 2. The molecule has 0 radical (unpaired) electrons. The Morgan fingerprint density at radius 3 is 1.69 bits per heavy atom. The van der Waals surface area contributed by atoms with Crippen molar-refractivity contribution in [1.29, 1.82) is 0 Å². The van der Waals surface area contributed by atoms with E-state index >= 15 is 0 Å². The lowest BCUT2D eigenvalue weighted by Gasteiger charge is -2.57. The Morgan fingerprint density at radius 2 is 1.22 bits per heavy atom.